The van der Waals surface area contributed by atoms with Crippen molar-refractivity contribution >= 4 is 23.1 Å². The van der Waals surface area contributed by atoms with E-state index in [0.717, 1.165) is 25.7 Å². The van der Waals surface area contributed by atoms with Crippen LogP contribution in [0.2, 0.25) is 0 Å². The van der Waals surface area contributed by atoms with Crippen LogP contribution in [0.15, 0.2) is 4.99 Å². The summed E-state index contributed by atoms with van der Waals surface area (Å²) in [5.41, 5.74) is 0. The molecule has 5 heteroatoms. The number of hydrogen-bond donors (Lipinski definition) is 0. The largest absolute Gasteiger partial charge is 0.472 e. The molecular weight excluding hydrogens is 418 g/mol. The summed E-state index contributed by atoms with van der Waals surface area (Å²) in [5, 5.41) is 0.422. The lowest BCUT2D eigenvalue weighted by molar-refractivity contribution is 0.153. The second-order valence-corrected chi connectivity index (χ2v) is 9.78. The molecule has 0 bridgehead atoms. The zero-order valence-corrected chi connectivity index (χ0v) is 22.6. The van der Waals surface area contributed by atoms with Crippen LogP contribution in [0.3, 0.4) is 0 Å². The molecule has 0 aromatic rings. The highest BCUT2D eigenvalue weighted by Crippen LogP contribution is 2.15. The van der Waals surface area contributed by atoms with Crippen LogP contribution in [0, 0.1) is 5.92 Å². The Labute approximate surface area is 204 Å². The van der Waals surface area contributed by atoms with Crippen molar-refractivity contribution in [1.29, 1.82) is 0 Å². The first-order valence-electron chi connectivity index (χ1n) is 13.6. The maximum atomic E-state index is 11.9. The Morgan fingerprint density at radius 1 is 0.719 bits per heavy atom. The number of hydrogen-bond acceptors (Lipinski definition) is 4. The number of ether oxygens (including phenoxy) is 2. The van der Waals surface area contributed by atoms with Gasteiger partial charge in [0.05, 0.1) is 13.2 Å². The lowest BCUT2D eigenvalue weighted by Crippen LogP contribution is -2.13. The molecule has 32 heavy (non-hydrogen) atoms. The summed E-state index contributed by atoms with van der Waals surface area (Å²) in [4.78, 5) is 15.9. The second kappa shape index (κ2) is 24.9. The van der Waals surface area contributed by atoms with Gasteiger partial charge in [0.1, 0.15) is 0 Å². The molecule has 4 nitrogen and oxygen atoms in total. The first kappa shape index (κ1) is 31.3. The van der Waals surface area contributed by atoms with Gasteiger partial charge in [0.15, 0.2) is 0 Å². The molecule has 0 aliphatic carbocycles. The van der Waals surface area contributed by atoms with E-state index in [1.54, 1.807) is 0 Å². The van der Waals surface area contributed by atoms with Gasteiger partial charge in [0.2, 0.25) is 0 Å². The number of nitrogens with zero attached hydrogens (tertiary/aromatic N) is 1. The molecule has 0 aromatic carbocycles. The van der Waals surface area contributed by atoms with E-state index in [-0.39, 0.29) is 0 Å². The van der Waals surface area contributed by atoms with Gasteiger partial charge in [0, 0.05) is 0 Å². The van der Waals surface area contributed by atoms with Crippen LogP contribution >= 0.6 is 11.8 Å². The number of carbonyl (C=O) groups excluding carboxylic acids is 1. The monoisotopic (exact) mass is 471 g/mol. The Bertz CT molecular complexity index is 443. The van der Waals surface area contributed by atoms with Crippen LogP contribution in [0.4, 0.5) is 4.79 Å². The van der Waals surface area contributed by atoms with E-state index in [2.05, 4.69) is 25.8 Å². The maximum absolute atomic E-state index is 11.9. The molecule has 1 amide bonds. The molecule has 0 spiro atoms. The third-order valence-corrected chi connectivity index (χ3v) is 6.62. The van der Waals surface area contributed by atoms with Gasteiger partial charge in [-0.15, -0.1) is 4.99 Å². The number of rotatable bonds is 21. The summed E-state index contributed by atoms with van der Waals surface area (Å²) in [6.07, 6.45) is 24.5. The first-order valence-corrected chi connectivity index (χ1v) is 14.8. The number of carbonyl (C=O) groups is 1. The number of amides is 1. The molecule has 1 unspecified atom stereocenters. The van der Waals surface area contributed by atoms with Crippen LogP contribution in [0.25, 0.3) is 0 Å². The predicted molar refractivity (Wildman–Crippen MR) is 142 cm³/mol. The van der Waals surface area contributed by atoms with Crippen molar-refractivity contribution in [3.63, 3.8) is 0 Å². The lowest BCUT2D eigenvalue weighted by Gasteiger charge is -2.15. The topological polar surface area (TPSA) is 47.9 Å². The summed E-state index contributed by atoms with van der Waals surface area (Å²) in [6.45, 7) is 7.75. The van der Waals surface area contributed by atoms with Gasteiger partial charge in [-0.3, -0.25) is 0 Å². The predicted octanol–water partition coefficient (Wildman–Crippen LogP) is 9.56. The standard InChI is InChI=1S/C27H53NO3S/c1-5-8-10-11-12-13-14-15-16-17-18-19-20-21-23-30-26(29)28-27(32-4)31-24-25(7-3)22-9-6-2/h25H,5-24H2,1-4H3/b28-27+. The fourth-order valence-electron chi connectivity index (χ4n) is 3.79. The van der Waals surface area contributed by atoms with Gasteiger partial charge in [-0.05, 0) is 25.0 Å². The quantitative estimate of drug-likeness (QED) is 0.0949. The Balaban J connectivity index is 3.62. The molecule has 0 heterocycles. The average molecular weight is 472 g/mol. The van der Waals surface area contributed by atoms with Crippen LogP contribution in [-0.2, 0) is 9.47 Å². The van der Waals surface area contributed by atoms with E-state index in [0.29, 0.717) is 24.4 Å². The zero-order valence-electron chi connectivity index (χ0n) is 21.8. The molecule has 0 saturated carbocycles. The molecule has 0 radical (unpaired) electrons. The highest BCUT2D eigenvalue weighted by atomic mass is 32.2. The van der Waals surface area contributed by atoms with Crippen LogP contribution in [-0.4, -0.2) is 30.8 Å². The summed E-state index contributed by atoms with van der Waals surface area (Å²) < 4.78 is 11.0. The van der Waals surface area contributed by atoms with Gasteiger partial charge in [-0.25, -0.2) is 4.79 Å². The Kier molecular flexibility index (Phi) is 24.4. The van der Waals surface area contributed by atoms with Gasteiger partial charge in [-0.1, -0.05) is 135 Å². The van der Waals surface area contributed by atoms with Crippen LogP contribution in [0.1, 0.15) is 136 Å². The summed E-state index contributed by atoms with van der Waals surface area (Å²) in [5.74, 6) is 0.527. The first-order chi connectivity index (χ1) is 15.7. The number of unbranched alkanes of at least 4 members (excludes halogenated alkanes) is 14. The number of aliphatic imine (C=N–C) groups is 1. The normalized spacial score (nSPS) is 12.7. The van der Waals surface area contributed by atoms with E-state index >= 15 is 0 Å². The van der Waals surface area contributed by atoms with Crippen molar-refractivity contribution in [2.45, 2.75) is 136 Å². The van der Waals surface area contributed by atoms with Crippen molar-refractivity contribution in [1.82, 2.24) is 0 Å². The smallest absolute Gasteiger partial charge is 0.437 e. The van der Waals surface area contributed by atoms with E-state index in [9.17, 15) is 4.79 Å². The van der Waals surface area contributed by atoms with E-state index < -0.39 is 6.09 Å². The molecule has 0 aromatic heterocycles. The van der Waals surface area contributed by atoms with E-state index in [1.807, 2.05) is 6.26 Å². The summed E-state index contributed by atoms with van der Waals surface area (Å²) in [7, 11) is 0. The van der Waals surface area contributed by atoms with E-state index in [4.69, 9.17) is 9.47 Å². The fourth-order valence-corrected chi connectivity index (χ4v) is 4.14. The van der Waals surface area contributed by atoms with Crippen molar-refractivity contribution in [3.8, 4) is 0 Å². The van der Waals surface area contributed by atoms with Gasteiger partial charge in [-0.2, -0.15) is 0 Å². The maximum Gasteiger partial charge on any atom is 0.437 e. The Hall–Kier alpha value is -0.710. The molecule has 0 rings (SSSR count). The molecule has 0 aliphatic heterocycles. The molecule has 190 valence electrons. The SMILES string of the molecule is CCCCCCCCCCCCCCCCOC(=O)/N=C(\OCC(CC)CCCC)SC. The molecule has 0 fully saturated rings. The summed E-state index contributed by atoms with van der Waals surface area (Å²) >= 11 is 1.37. The van der Waals surface area contributed by atoms with Gasteiger partial charge >= 0.3 is 6.09 Å². The van der Waals surface area contributed by atoms with E-state index in [1.165, 1.54) is 102 Å². The second-order valence-electron chi connectivity index (χ2n) is 9.02. The molecule has 0 saturated heterocycles. The average Bonchev–Trinajstić information content (AvgIpc) is 2.80. The van der Waals surface area contributed by atoms with Crippen molar-refractivity contribution in [2.75, 3.05) is 19.5 Å². The highest BCUT2D eigenvalue weighted by Gasteiger charge is 2.10. The van der Waals surface area contributed by atoms with Crippen molar-refractivity contribution < 1.29 is 14.3 Å². The minimum Gasteiger partial charge on any atom is -0.472 e. The third-order valence-electron chi connectivity index (χ3n) is 6.07. The Morgan fingerprint density at radius 3 is 1.69 bits per heavy atom. The minimum atomic E-state index is -0.523. The third kappa shape index (κ3) is 21.2. The molecular formula is C27H53NO3S. The molecule has 1 atom stereocenters. The highest BCUT2D eigenvalue weighted by molar-refractivity contribution is 8.13. The van der Waals surface area contributed by atoms with Gasteiger partial charge in [0.25, 0.3) is 5.23 Å². The van der Waals surface area contributed by atoms with Crippen LogP contribution in [0.5, 0.6) is 0 Å². The minimum absolute atomic E-state index is 0.422. The molecule has 0 N–H and O–H groups in total. The lowest BCUT2D eigenvalue weighted by atomic mass is 10.0. The number of thioether (sulfide) groups is 1. The summed E-state index contributed by atoms with van der Waals surface area (Å²) in [6, 6.07) is 0. The van der Waals surface area contributed by atoms with Gasteiger partial charge < -0.3 is 9.47 Å². The molecule has 0 aliphatic rings. The van der Waals surface area contributed by atoms with Crippen molar-refractivity contribution in [2.24, 2.45) is 10.9 Å². The zero-order chi connectivity index (χ0) is 23.7. The van der Waals surface area contributed by atoms with Crippen LogP contribution < -0.4 is 0 Å². The Morgan fingerprint density at radius 2 is 1.22 bits per heavy atom. The fraction of sp³-hybridized carbons (Fsp3) is 0.926. The van der Waals surface area contributed by atoms with Crippen molar-refractivity contribution in [3.05, 3.63) is 0 Å².